The Hall–Kier alpha value is -5.09. The van der Waals surface area contributed by atoms with Crippen molar-refractivity contribution in [1.82, 2.24) is 15.3 Å². The normalized spacial score (nSPS) is 23.1. The number of nitrogens with one attached hydrogen (secondary N) is 2. The predicted octanol–water partition coefficient (Wildman–Crippen LogP) is 5.18. The molecule has 0 saturated carbocycles. The highest BCUT2D eigenvalue weighted by Gasteiger charge is 2.61. The highest BCUT2D eigenvalue weighted by molar-refractivity contribution is 5.82. The number of hydrogen-bond donors (Lipinski definition) is 3. The van der Waals surface area contributed by atoms with Crippen LogP contribution in [0.2, 0.25) is 0 Å². The highest BCUT2D eigenvalue weighted by atomic mass is 16.5. The molecule has 10 heteroatoms. The zero-order valence-corrected chi connectivity index (χ0v) is 24.5. The molecule has 0 fully saturated rings. The Kier molecular flexibility index (Phi) is 5.86. The Labute approximate surface area is 253 Å². The van der Waals surface area contributed by atoms with Gasteiger partial charge in [-0.05, 0) is 59.9 Å². The molecule has 3 aliphatic heterocycles. The minimum absolute atomic E-state index is 0.0524. The maximum atomic E-state index is 13.3. The molecule has 1 amide bonds. The van der Waals surface area contributed by atoms with Crippen molar-refractivity contribution in [2.24, 2.45) is 11.7 Å². The van der Waals surface area contributed by atoms with E-state index >= 15 is 0 Å². The number of fused-ring (bicyclic) bond motifs is 4. The average Bonchev–Trinajstić information content (AvgIpc) is 3.80. The van der Waals surface area contributed by atoms with Crippen LogP contribution in [-0.4, -0.2) is 35.3 Å². The van der Waals surface area contributed by atoms with Crippen molar-refractivity contribution in [2.75, 3.05) is 12.4 Å². The Morgan fingerprint density at radius 2 is 1.84 bits per heavy atom. The summed E-state index contributed by atoms with van der Waals surface area (Å²) in [5.41, 5.74) is 10.5. The summed E-state index contributed by atoms with van der Waals surface area (Å²) in [4.78, 5) is 23.0. The van der Waals surface area contributed by atoms with Gasteiger partial charge in [-0.25, -0.2) is 9.97 Å². The zero-order chi connectivity index (χ0) is 30.2. The number of carbonyl (C=O) groups is 1. The third-order valence-electron chi connectivity index (χ3n) is 8.85. The molecule has 1 spiro atoms. The maximum Gasteiger partial charge on any atom is 0.249 e. The largest absolute Gasteiger partial charge is 0.497 e. The number of methoxy groups -OCH3 is 1. The Balaban J connectivity index is 1.40. The molecule has 4 bridgehead atoms. The van der Waals surface area contributed by atoms with Crippen LogP contribution in [0.4, 0.5) is 5.69 Å². The quantitative estimate of drug-likeness (QED) is 0.259. The minimum atomic E-state index is -0.925. The SMILES string of the molecule is COc1ccc(-c2cnc(-c3nc4oc3C35c6ccccc6N[C@H]3Oc3ccc(cc35)C[C@H](N)C(=O)N[C@H]4C(C)C)o2)cc1. The van der Waals surface area contributed by atoms with E-state index in [1.54, 1.807) is 13.3 Å². The van der Waals surface area contributed by atoms with Crippen LogP contribution in [0.15, 0.2) is 81.8 Å². The molecular formula is C34H31N5O5. The van der Waals surface area contributed by atoms with Gasteiger partial charge in [0.15, 0.2) is 23.4 Å². The second-order valence-corrected chi connectivity index (χ2v) is 11.9. The molecule has 5 aromatic rings. The third-order valence-corrected chi connectivity index (χ3v) is 8.85. The molecule has 4 N–H and O–H groups in total. The number of amides is 1. The summed E-state index contributed by atoms with van der Waals surface area (Å²) in [6.07, 6.45) is 1.52. The maximum absolute atomic E-state index is 13.3. The number of oxazole rings is 2. The Morgan fingerprint density at radius 1 is 1.02 bits per heavy atom. The molecule has 0 saturated heterocycles. The second-order valence-electron chi connectivity index (χ2n) is 11.9. The summed E-state index contributed by atoms with van der Waals surface area (Å²) in [5, 5.41) is 6.68. The molecule has 1 unspecified atom stereocenters. The van der Waals surface area contributed by atoms with Crippen molar-refractivity contribution < 1.29 is 23.1 Å². The zero-order valence-electron chi connectivity index (χ0n) is 24.5. The fourth-order valence-corrected chi connectivity index (χ4v) is 6.63. The van der Waals surface area contributed by atoms with E-state index in [0.29, 0.717) is 41.2 Å². The van der Waals surface area contributed by atoms with Gasteiger partial charge >= 0.3 is 0 Å². The van der Waals surface area contributed by atoms with E-state index in [4.69, 9.17) is 34.0 Å². The van der Waals surface area contributed by atoms with Crippen molar-refractivity contribution in [3.8, 4) is 34.4 Å². The molecule has 10 nitrogen and oxygen atoms in total. The second kappa shape index (κ2) is 9.72. The predicted molar refractivity (Wildman–Crippen MR) is 162 cm³/mol. The van der Waals surface area contributed by atoms with Gasteiger partial charge < -0.3 is 34.7 Å². The summed E-state index contributed by atoms with van der Waals surface area (Å²) < 4.78 is 25.1. The van der Waals surface area contributed by atoms with E-state index in [0.717, 1.165) is 33.7 Å². The number of anilines is 1. The lowest BCUT2D eigenvalue weighted by Gasteiger charge is -2.28. The van der Waals surface area contributed by atoms with Crippen molar-refractivity contribution in [1.29, 1.82) is 0 Å². The first-order valence-electron chi connectivity index (χ1n) is 14.7. The fourth-order valence-electron chi connectivity index (χ4n) is 6.63. The smallest absolute Gasteiger partial charge is 0.249 e. The van der Waals surface area contributed by atoms with Crippen LogP contribution in [0.25, 0.3) is 22.9 Å². The number of nitrogens with two attached hydrogens (primary N) is 1. The Bertz CT molecular complexity index is 1910. The fraction of sp³-hybridized carbons (Fsp3) is 0.265. The molecule has 2 aromatic heterocycles. The van der Waals surface area contributed by atoms with Crippen LogP contribution in [0.3, 0.4) is 0 Å². The highest BCUT2D eigenvalue weighted by Crippen LogP contribution is 2.59. The van der Waals surface area contributed by atoms with E-state index < -0.39 is 23.7 Å². The molecule has 0 radical (unpaired) electrons. The topological polar surface area (TPSA) is 138 Å². The van der Waals surface area contributed by atoms with Crippen molar-refractivity contribution in [3.05, 3.63) is 101 Å². The number of rotatable bonds is 4. The van der Waals surface area contributed by atoms with Gasteiger partial charge in [0.05, 0.1) is 19.3 Å². The van der Waals surface area contributed by atoms with E-state index in [1.165, 1.54) is 0 Å². The molecule has 8 rings (SSSR count). The molecule has 0 aliphatic carbocycles. The van der Waals surface area contributed by atoms with Crippen LogP contribution in [0, 0.1) is 5.92 Å². The van der Waals surface area contributed by atoms with Crippen LogP contribution >= 0.6 is 0 Å². The molecular weight excluding hydrogens is 558 g/mol. The number of ether oxygens (including phenoxy) is 2. The van der Waals surface area contributed by atoms with Gasteiger partial charge in [-0.2, -0.15) is 0 Å². The standard InChI is InChI=1S/C34H31N5O5/c1-17(2)27-32-39-28(31-36-16-26(42-31)19-9-11-20(41-3)12-10-19)29(44-32)34-21-6-4-5-7-24(21)37-33(34)43-25-13-8-18(14-22(25)34)15-23(35)30(40)38-27/h4-14,16-17,23,27,33,37H,15,35H2,1-3H3,(H,38,40)/t23-,27-,33-,34?/m0/s1. The number of nitrogens with zero attached hydrogens (tertiary/aromatic N) is 2. The van der Waals surface area contributed by atoms with E-state index in [-0.39, 0.29) is 11.8 Å². The van der Waals surface area contributed by atoms with Gasteiger partial charge in [0.2, 0.25) is 17.7 Å². The van der Waals surface area contributed by atoms with Crippen LogP contribution in [0.1, 0.15) is 48.2 Å². The first-order chi connectivity index (χ1) is 21.4. The monoisotopic (exact) mass is 589 g/mol. The Morgan fingerprint density at radius 3 is 2.64 bits per heavy atom. The molecule has 4 atom stereocenters. The van der Waals surface area contributed by atoms with Crippen LogP contribution < -0.4 is 25.8 Å². The summed E-state index contributed by atoms with van der Waals surface area (Å²) >= 11 is 0. The lowest BCUT2D eigenvalue weighted by molar-refractivity contribution is -0.123. The summed E-state index contributed by atoms with van der Waals surface area (Å²) in [6, 6.07) is 20.3. The summed E-state index contributed by atoms with van der Waals surface area (Å²) in [6.45, 7) is 4.01. The molecule has 5 heterocycles. The average molecular weight is 590 g/mol. The third kappa shape index (κ3) is 3.80. The van der Waals surface area contributed by atoms with E-state index in [2.05, 4.69) is 22.8 Å². The molecule has 44 heavy (non-hydrogen) atoms. The number of aromatic nitrogens is 2. The number of carbonyl (C=O) groups excluding carboxylic acids is 1. The first-order valence-corrected chi connectivity index (χ1v) is 14.7. The van der Waals surface area contributed by atoms with Gasteiger partial charge in [-0.15, -0.1) is 0 Å². The molecule has 3 aliphatic rings. The van der Waals surface area contributed by atoms with Crippen molar-refractivity contribution in [2.45, 2.75) is 44.0 Å². The van der Waals surface area contributed by atoms with Crippen LogP contribution in [0.5, 0.6) is 11.5 Å². The van der Waals surface area contributed by atoms with Crippen LogP contribution in [-0.2, 0) is 16.6 Å². The lowest BCUT2D eigenvalue weighted by atomic mass is 9.72. The molecule has 222 valence electrons. The van der Waals surface area contributed by atoms with Gasteiger partial charge in [0.1, 0.15) is 23.0 Å². The van der Waals surface area contributed by atoms with Gasteiger partial charge in [-0.1, -0.05) is 44.2 Å². The number of hydrogen-bond acceptors (Lipinski definition) is 9. The van der Waals surface area contributed by atoms with Gasteiger partial charge in [-0.3, -0.25) is 4.79 Å². The number of para-hydroxylation sites is 1. The molecule has 3 aromatic carbocycles. The number of benzene rings is 3. The lowest BCUT2D eigenvalue weighted by Crippen LogP contribution is -2.45. The van der Waals surface area contributed by atoms with Gasteiger partial charge in [0, 0.05) is 16.8 Å². The van der Waals surface area contributed by atoms with Gasteiger partial charge in [0.25, 0.3) is 0 Å². The van der Waals surface area contributed by atoms with Crippen molar-refractivity contribution >= 4 is 11.6 Å². The first kappa shape index (κ1) is 26.5. The summed E-state index contributed by atoms with van der Waals surface area (Å²) in [5.74, 6) is 2.86. The van der Waals surface area contributed by atoms with Crippen molar-refractivity contribution in [3.63, 3.8) is 0 Å². The minimum Gasteiger partial charge on any atom is -0.497 e. The van der Waals surface area contributed by atoms with E-state index in [1.807, 2.05) is 68.4 Å². The summed E-state index contributed by atoms with van der Waals surface area (Å²) in [7, 11) is 1.63. The van der Waals surface area contributed by atoms with E-state index in [9.17, 15) is 4.79 Å².